The molecule has 0 spiro atoms. The van der Waals surface area contributed by atoms with Gasteiger partial charge in [0.1, 0.15) is 5.03 Å². The molecule has 0 saturated heterocycles. The molecule has 0 heterocycles. The van der Waals surface area contributed by atoms with Crippen LogP contribution in [0.4, 0.5) is 0 Å². The summed E-state index contributed by atoms with van der Waals surface area (Å²) in [6, 6.07) is 0. The molecule has 0 amide bonds. The standard InChI is InChI=1S/C4H2ClO3/c5-3(1-2-6)4(7)8/h1H,(H,7,8). The van der Waals surface area contributed by atoms with Gasteiger partial charge in [0.15, 0.2) is 0 Å². The van der Waals surface area contributed by atoms with Crippen LogP contribution in [-0.2, 0) is 9.59 Å². The minimum atomic E-state index is -1.32. The summed E-state index contributed by atoms with van der Waals surface area (Å²) in [6.45, 7) is 0. The number of carboxylic acids is 1. The van der Waals surface area contributed by atoms with Crippen LogP contribution in [0.3, 0.4) is 0 Å². The fraction of sp³-hybridized carbons (Fsp3) is 0. The zero-order chi connectivity index (χ0) is 6.57. The molecule has 0 aromatic carbocycles. The number of hydrogen-bond donors (Lipinski definition) is 1. The van der Waals surface area contributed by atoms with Crippen LogP contribution < -0.4 is 0 Å². The zero-order valence-electron chi connectivity index (χ0n) is 3.72. The molecule has 4 heteroatoms. The molecule has 0 unspecified atom stereocenters. The number of carboxylic acid groups (broad SMARTS) is 1. The maximum atomic E-state index is 9.71. The van der Waals surface area contributed by atoms with Crippen molar-refractivity contribution < 1.29 is 14.7 Å². The lowest BCUT2D eigenvalue weighted by atomic mass is 10.5. The first-order valence-electron chi connectivity index (χ1n) is 1.65. The van der Waals surface area contributed by atoms with Gasteiger partial charge in [0.25, 0.3) is 0 Å². The van der Waals surface area contributed by atoms with Gasteiger partial charge in [-0.3, -0.25) is 4.79 Å². The van der Waals surface area contributed by atoms with Gasteiger partial charge in [0.2, 0.25) is 6.29 Å². The molecule has 1 N–H and O–H groups in total. The Balaban J connectivity index is 3.99. The molecule has 3 nitrogen and oxygen atoms in total. The van der Waals surface area contributed by atoms with Crippen LogP contribution in [0.2, 0.25) is 0 Å². The third kappa shape index (κ3) is 2.36. The molecule has 0 saturated carbocycles. The first-order valence-corrected chi connectivity index (χ1v) is 2.03. The van der Waals surface area contributed by atoms with E-state index in [1.807, 2.05) is 0 Å². The third-order valence-corrected chi connectivity index (χ3v) is 0.661. The fourth-order valence-electron chi connectivity index (χ4n) is 0.113. The highest BCUT2D eigenvalue weighted by Gasteiger charge is 1.99. The van der Waals surface area contributed by atoms with Crippen LogP contribution in [0.1, 0.15) is 0 Å². The van der Waals surface area contributed by atoms with Crippen molar-refractivity contribution >= 4 is 23.9 Å². The van der Waals surface area contributed by atoms with Crippen LogP contribution in [0, 0.1) is 0 Å². The minimum absolute atomic E-state index is 0.528. The van der Waals surface area contributed by atoms with Crippen molar-refractivity contribution in [2.24, 2.45) is 0 Å². The number of halogens is 1. The number of aliphatic carboxylic acids is 1. The second kappa shape index (κ2) is 3.21. The van der Waals surface area contributed by atoms with E-state index >= 15 is 0 Å². The highest BCUT2D eigenvalue weighted by atomic mass is 35.5. The summed E-state index contributed by atoms with van der Waals surface area (Å²) in [5.41, 5.74) is 0. The Hall–Kier alpha value is -0.830. The van der Waals surface area contributed by atoms with E-state index < -0.39 is 11.0 Å². The highest BCUT2D eigenvalue weighted by molar-refractivity contribution is 6.41. The lowest BCUT2D eigenvalue weighted by Gasteiger charge is -1.80. The van der Waals surface area contributed by atoms with Crippen molar-refractivity contribution in [3.63, 3.8) is 0 Å². The van der Waals surface area contributed by atoms with Crippen LogP contribution in [-0.4, -0.2) is 17.4 Å². The van der Waals surface area contributed by atoms with Crippen LogP contribution in [0.5, 0.6) is 0 Å². The van der Waals surface area contributed by atoms with Gasteiger partial charge in [-0.2, -0.15) is 0 Å². The molecule has 0 aliphatic heterocycles. The molecule has 0 bridgehead atoms. The van der Waals surface area contributed by atoms with E-state index in [0.717, 1.165) is 0 Å². The summed E-state index contributed by atoms with van der Waals surface area (Å²) >= 11 is 4.91. The monoisotopic (exact) mass is 133 g/mol. The predicted octanol–water partition coefficient (Wildman–Crippen LogP) is 0.303. The summed E-state index contributed by atoms with van der Waals surface area (Å²) in [4.78, 5) is 19.1. The van der Waals surface area contributed by atoms with Crippen molar-refractivity contribution in [1.29, 1.82) is 0 Å². The zero-order valence-corrected chi connectivity index (χ0v) is 4.47. The average Bonchev–Trinajstić information content (AvgIpc) is 1.67. The van der Waals surface area contributed by atoms with Crippen LogP contribution in [0.15, 0.2) is 11.1 Å². The van der Waals surface area contributed by atoms with Crippen LogP contribution in [0.25, 0.3) is 0 Å². The van der Waals surface area contributed by atoms with Gasteiger partial charge in [0.05, 0.1) is 0 Å². The van der Waals surface area contributed by atoms with Crippen molar-refractivity contribution in [2.45, 2.75) is 0 Å². The minimum Gasteiger partial charge on any atom is -0.477 e. The molecule has 8 heavy (non-hydrogen) atoms. The molecular weight excluding hydrogens is 131 g/mol. The molecule has 1 radical (unpaired) electrons. The molecule has 0 aromatic heterocycles. The van der Waals surface area contributed by atoms with Gasteiger partial charge in [-0.1, -0.05) is 11.6 Å². The van der Waals surface area contributed by atoms with Gasteiger partial charge in [-0.25, -0.2) is 4.79 Å². The second-order valence-electron chi connectivity index (χ2n) is 0.915. The van der Waals surface area contributed by atoms with E-state index in [4.69, 9.17) is 16.7 Å². The molecule has 0 atom stereocenters. The number of allylic oxidation sites excluding steroid dienone is 1. The molecule has 0 aromatic rings. The van der Waals surface area contributed by atoms with Crippen molar-refractivity contribution in [2.75, 3.05) is 0 Å². The van der Waals surface area contributed by atoms with Crippen molar-refractivity contribution in [1.82, 2.24) is 0 Å². The van der Waals surface area contributed by atoms with E-state index in [0.29, 0.717) is 6.08 Å². The van der Waals surface area contributed by atoms with E-state index in [2.05, 4.69) is 0 Å². The van der Waals surface area contributed by atoms with Crippen molar-refractivity contribution in [3.05, 3.63) is 11.1 Å². The number of rotatable bonds is 2. The average molecular weight is 134 g/mol. The van der Waals surface area contributed by atoms with Gasteiger partial charge in [-0.05, 0) is 0 Å². The van der Waals surface area contributed by atoms with Crippen molar-refractivity contribution in [3.8, 4) is 0 Å². The predicted molar refractivity (Wildman–Crippen MR) is 27.3 cm³/mol. The molecule has 0 aliphatic rings. The third-order valence-electron chi connectivity index (χ3n) is 0.390. The smallest absolute Gasteiger partial charge is 0.347 e. The Morgan fingerprint density at radius 2 is 2.25 bits per heavy atom. The highest BCUT2D eigenvalue weighted by Crippen LogP contribution is 1.97. The van der Waals surface area contributed by atoms with E-state index in [9.17, 15) is 9.59 Å². The quantitative estimate of drug-likeness (QED) is 0.552. The largest absolute Gasteiger partial charge is 0.477 e. The van der Waals surface area contributed by atoms with Gasteiger partial charge >= 0.3 is 5.97 Å². The lowest BCUT2D eigenvalue weighted by molar-refractivity contribution is -0.131. The Labute approximate surface area is 50.6 Å². The Morgan fingerprint density at radius 1 is 1.75 bits per heavy atom. The topological polar surface area (TPSA) is 54.4 Å². The Morgan fingerprint density at radius 3 is 2.38 bits per heavy atom. The number of hydrogen-bond acceptors (Lipinski definition) is 2. The van der Waals surface area contributed by atoms with E-state index in [-0.39, 0.29) is 0 Å². The summed E-state index contributed by atoms with van der Waals surface area (Å²) in [7, 11) is 0. The summed E-state index contributed by atoms with van der Waals surface area (Å²) in [5.74, 6) is -1.32. The van der Waals surface area contributed by atoms with E-state index in [1.165, 1.54) is 6.29 Å². The molecule has 0 rings (SSSR count). The molecule has 0 aliphatic carbocycles. The number of carbonyl (C=O) groups excluding carboxylic acids is 1. The summed E-state index contributed by atoms with van der Waals surface area (Å²) < 4.78 is 0. The maximum Gasteiger partial charge on any atom is 0.347 e. The Bertz CT molecular complexity index is 138. The normalized spacial score (nSPS) is 10.9. The fourth-order valence-corrected chi connectivity index (χ4v) is 0.158. The first-order chi connectivity index (χ1) is 3.68. The lowest BCUT2D eigenvalue weighted by Crippen LogP contribution is -1.92. The van der Waals surface area contributed by atoms with E-state index in [1.54, 1.807) is 0 Å². The Kier molecular flexibility index (Phi) is 2.88. The summed E-state index contributed by atoms with van der Waals surface area (Å²) in [5, 5.41) is 7.41. The maximum absolute atomic E-state index is 9.71. The molecular formula is C4H2ClO3. The number of carbonyl (C=O) groups is 1. The van der Waals surface area contributed by atoms with Gasteiger partial charge in [-0.15, -0.1) is 0 Å². The first kappa shape index (κ1) is 7.17. The van der Waals surface area contributed by atoms with Gasteiger partial charge in [0, 0.05) is 6.08 Å². The SMILES string of the molecule is O=[C]C=C(Cl)C(=O)O. The molecule has 0 fully saturated rings. The van der Waals surface area contributed by atoms with Gasteiger partial charge < -0.3 is 5.11 Å². The second-order valence-corrected chi connectivity index (χ2v) is 1.32. The molecule has 43 valence electrons. The summed E-state index contributed by atoms with van der Waals surface area (Å²) in [6.07, 6.45) is 1.87. The van der Waals surface area contributed by atoms with Crippen LogP contribution >= 0.6 is 11.6 Å².